The zero-order valence-electron chi connectivity index (χ0n) is 12.8. The van der Waals surface area contributed by atoms with E-state index in [9.17, 15) is 18.0 Å². The summed E-state index contributed by atoms with van der Waals surface area (Å²) in [5.74, 6) is -0.788. The van der Waals surface area contributed by atoms with Crippen molar-refractivity contribution in [2.45, 2.75) is 42.7 Å². The lowest BCUT2D eigenvalue weighted by atomic mass is 10.2. The second-order valence-electron chi connectivity index (χ2n) is 6.07. The molecule has 0 aliphatic heterocycles. The van der Waals surface area contributed by atoms with E-state index in [1.807, 2.05) is 0 Å². The van der Waals surface area contributed by atoms with Crippen LogP contribution in [0.3, 0.4) is 0 Å². The minimum atomic E-state index is -3.76. The van der Waals surface area contributed by atoms with Gasteiger partial charge in [0, 0.05) is 17.6 Å². The summed E-state index contributed by atoms with van der Waals surface area (Å²) in [7, 11) is -3.76. The van der Waals surface area contributed by atoms with Crippen LogP contribution >= 0.6 is 11.6 Å². The van der Waals surface area contributed by atoms with Crippen molar-refractivity contribution in [3.05, 3.63) is 28.8 Å². The van der Waals surface area contributed by atoms with Gasteiger partial charge < -0.3 is 10.6 Å². The second-order valence-corrected chi connectivity index (χ2v) is 8.15. The molecule has 3 N–H and O–H groups in total. The van der Waals surface area contributed by atoms with Gasteiger partial charge in [-0.3, -0.25) is 9.59 Å². The van der Waals surface area contributed by atoms with Crippen molar-refractivity contribution in [3.63, 3.8) is 0 Å². The van der Waals surface area contributed by atoms with Crippen LogP contribution in [0.1, 0.15) is 36.0 Å². The highest BCUT2D eigenvalue weighted by Crippen LogP contribution is 2.26. The summed E-state index contributed by atoms with van der Waals surface area (Å²) < 4.78 is 27.1. The maximum Gasteiger partial charge on any atom is 0.251 e. The molecule has 0 spiro atoms. The molecule has 0 heterocycles. The average molecular weight is 372 g/mol. The van der Waals surface area contributed by atoms with Crippen LogP contribution in [-0.2, 0) is 14.8 Å². The Morgan fingerprint density at radius 3 is 2.42 bits per heavy atom. The largest absolute Gasteiger partial charge is 0.352 e. The summed E-state index contributed by atoms with van der Waals surface area (Å²) >= 11 is 5.97. The molecule has 24 heavy (non-hydrogen) atoms. The van der Waals surface area contributed by atoms with Crippen molar-refractivity contribution in [2.75, 3.05) is 6.54 Å². The van der Waals surface area contributed by atoms with E-state index in [1.54, 1.807) is 0 Å². The summed E-state index contributed by atoms with van der Waals surface area (Å²) in [4.78, 5) is 23.6. The van der Waals surface area contributed by atoms with Crippen LogP contribution in [0.25, 0.3) is 0 Å². The summed E-state index contributed by atoms with van der Waals surface area (Å²) in [5, 5.41) is 5.27. The van der Waals surface area contributed by atoms with Gasteiger partial charge in [0.05, 0.1) is 11.6 Å². The highest BCUT2D eigenvalue weighted by molar-refractivity contribution is 7.89. The molecule has 0 saturated heterocycles. The number of amides is 2. The van der Waals surface area contributed by atoms with E-state index >= 15 is 0 Å². The van der Waals surface area contributed by atoms with Crippen molar-refractivity contribution in [2.24, 2.45) is 0 Å². The van der Waals surface area contributed by atoms with Gasteiger partial charge in [-0.2, -0.15) is 0 Å². The summed E-state index contributed by atoms with van der Waals surface area (Å²) in [6.07, 6.45) is 3.53. The van der Waals surface area contributed by atoms with Gasteiger partial charge in [-0.25, -0.2) is 13.1 Å². The molecule has 2 fully saturated rings. The monoisotopic (exact) mass is 371 g/mol. The van der Waals surface area contributed by atoms with Gasteiger partial charge in [0.1, 0.15) is 4.90 Å². The number of sulfonamides is 1. The predicted molar refractivity (Wildman–Crippen MR) is 88.3 cm³/mol. The van der Waals surface area contributed by atoms with Gasteiger partial charge in [0.2, 0.25) is 15.9 Å². The molecule has 0 unspecified atom stereocenters. The Balaban J connectivity index is 1.67. The molecule has 7 nitrogen and oxygen atoms in total. The fraction of sp³-hybridized carbons (Fsp3) is 0.467. The van der Waals surface area contributed by atoms with E-state index < -0.39 is 15.9 Å². The normalized spacial score (nSPS) is 17.4. The molecule has 1 aromatic carbocycles. The number of halogens is 1. The molecule has 9 heteroatoms. The first-order valence-corrected chi connectivity index (χ1v) is 9.61. The number of hydrogen-bond donors (Lipinski definition) is 3. The topological polar surface area (TPSA) is 104 Å². The van der Waals surface area contributed by atoms with Crippen LogP contribution in [-0.4, -0.2) is 38.9 Å². The van der Waals surface area contributed by atoms with Crippen LogP contribution in [0, 0.1) is 0 Å². The lowest BCUT2D eigenvalue weighted by molar-refractivity contribution is -0.120. The molecule has 0 bridgehead atoms. The molecule has 2 saturated carbocycles. The fourth-order valence-electron chi connectivity index (χ4n) is 2.10. The minimum absolute atomic E-state index is 0.0474. The maximum atomic E-state index is 12.3. The maximum absolute atomic E-state index is 12.3. The van der Waals surface area contributed by atoms with Crippen LogP contribution < -0.4 is 15.4 Å². The first-order valence-electron chi connectivity index (χ1n) is 7.74. The summed E-state index contributed by atoms with van der Waals surface area (Å²) in [5.41, 5.74) is 0.134. The summed E-state index contributed by atoms with van der Waals surface area (Å²) in [6, 6.07) is 4.17. The number of carbonyl (C=O) groups is 2. The fourth-order valence-corrected chi connectivity index (χ4v) is 3.93. The van der Waals surface area contributed by atoms with Gasteiger partial charge in [-0.15, -0.1) is 0 Å². The molecule has 2 aliphatic carbocycles. The highest BCUT2D eigenvalue weighted by atomic mass is 35.5. The lowest BCUT2D eigenvalue weighted by Crippen LogP contribution is -2.37. The first kappa shape index (κ1) is 17.2. The Morgan fingerprint density at radius 1 is 1.12 bits per heavy atom. The van der Waals surface area contributed by atoms with Crippen molar-refractivity contribution in [3.8, 4) is 0 Å². The lowest BCUT2D eigenvalue weighted by Gasteiger charge is -2.10. The third kappa shape index (κ3) is 4.46. The molecule has 0 aromatic heterocycles. The van der Waals surface area contributed by atoms with Gasteiger partial charge in [0.25, 0.3) is 5.91 Å². The zero-order valence-corrected chi connectivity index (χ0v) is 14.4. The Kier molecular flexibility index (Phi) is 4.80. The van der Waals surface area contributed by atoms with E-state index in [2.05, 4.69) is 15.4 Å². The SMILES string of the molecule is O=C(CNC(=O)c1ccc(Cl)c(S(=O)(=O)NC2CC2)c1)NC1CC1. The van der Waals surface area contributed by atoms with Crippen LogP contribution in [0.2, 0.25) is 5.02 Å². The number of benzene rings is 1. The molecule has 0 atom stereocenters. The first-order chi connectivity index (χ1) is 11.3. The predicted octanol–water partition coefficient (Wildman–Crippen LogP) is 0.789. The molecule has 0 radical (unpaired) electrons. The Hall–Kier alpha value is -1.64. The van der Waals surface area contributed by atoms with E-state index in [0.717, 1.165) is 25.7 Å². The average Bonchev–Trinajstić information content (AvgIpc) is 3.42. The Labute approximate surface area is 145 Å². The van der Waals surface area contributed by atoms with Crippen LogP contribution in [0.4, 0.5) is 0 Å². The van der Waals surface area contributed by atoms with Crippen LogP contribution in [0.5, 0.6) is 0 Å². The minimum Gasteiger partial charge on any atom is -0.352 e. The number of nitrogens with one attached hydrogen (secondary N) is 3. The standard InChI is InChI=1S/C15H18ClN3O4S/c16-12-6-1-9(7-13(12)24(22,23)19-11-4-5-11)15(21)17-8-14(20)18-10-2-3-10/h1,6-7,10-11,19H,2-5,8H2,(H,17,21)(H,18,20). The van der Waals surface area contributed by atoms with E-state index in [0.29, 0.717) is 0 Å². The number of hydrogen-bond acceptors (Lipinski definition) is 4. The molecule has 130 valence electrons. The molecular weight excluding hydrogens is 354 g/mol. The van der Waals surface area contributed by atoms with Gasteiger partial charge in [-0.1, -0.05) is 11.6 Å². The van der Waals surface area contributed by atoms with E-state index in [4.69, 9.17) is 11.6 Å². The zero-order chi connectivity index (χ0) is 17.3. The van der Waals surface area contributed by atoms with E-state index in [-0.39, 0.29) is 40.0 Å². The smallest absolute Gasteiger partial charge is 0.251 e. The van der Waals surface area contributed by atoms with Gasteiger partial charge >= 0.3 is 0 Å². The van der Waals surface area contributed by atoms with E-state index in [1.165, 1.54) is 18.2 Å². The Morgan fingerprint density at radius 2 is 1.79 bits per heavy atom. The van der Waals surface area contributed by atoms with Crippen molar-refractivity contribution >= 4 is 33.4 Å². The third-order valence-corrected chi connectivity index (χ3v) is 5.74. The third-order valence-electron chi connectivity index (χ3n) is 3.73. The number of rotatable bonds is 7. The molecule has 2 amide bonds. The van der Waals surface area contributed by atoms with Crippen LogP contribution in [0.15, 0.2) is 23.1 Å². The van der Waals surface area contributed by atoms with Gasteiger partial charge in [-0.05, 0) is 43.9 Å². The van der Waals surface area contributed by atoms with Gasteiger partial charge in [0.15, 0.2) is 0 Å². The highest BCUT2D eigenvalue weighted by Gasteiger charge is 2.29. The second kappa shape index (κ2) is 6.70. The molecule has 2 aliphatic rings. The number of carbonyl (C=O) groups excluding carboxylic acids is 2. The van der Waals surface area contributed by atoms with Crippen molar-refractivity contribution < 1.29 is 18.0 Å². The molecular formula is C15H18ClN3O4S. The Bertz CT molecular complexity index is 773. The molecule has 1 aromatic rings. The quantitative estimate of drug-likeness (QED) is 0.659. The summed E-state index contributed by atoms with van der Waals surface area (Å²) in [6.45, 7) is -0.152. The van der Waals surface area contributed by atoms with Crippen molar-refractivity contribution in [1.29, 1.82) is 0 Å². The molecule has 3 rings (SSSR count). The van der Waals surface area contributed by atoms with Crippen molar-refractivity contribution in [1.82, 2.24) is 15.4 Å².